The first kappa shape index (κ1) is 11.9. The molecular formula is C7H11NO4S. The third-order valence-corrected chi connectivity index (χ3v) is 1.60. The van der Waals surface area contributed by atoms with E-state index < -0.39 is 10.1 Å². The van der Waals surface area contributed by atoms with Gasteiger partial charge in [0.1, 0.15) is 0 Å². The van der Waals surface area contributed by atoms with Gasteiger partial charge in [0.15, 0.2) is 0 Å². The van der Waals surface area contributed by atoms with Gasteiger partial charge in [0.05, 0.1) is 5.41 Å². The van der Waals surface area contributed by atoms with Gasteiger partial charge in [-0.1, -0.05) is 12.7 Å². The minimum absolute atomic E-state index is 0.302. The summed E-state index contributed by atoms with van der Waals surface area (Å²) < 4.78 is 28.6. The molecule has 0 aliphatic carbocycles. The molecule has 0 spiro atoms. The number of rotatable bonds is 5. The topological polar surface area (TPSA) is 83.5 Å². The average Bonchev–Trinajstić information content (AvgIpc) is 2.01. The minimum atomic E-state index is -4.04. The van der Waals surface area contributed by atoms with E-state index in [1.54, 1.807) is 0 Å². The second-order valence-electron chi connectivity index (χ2n) is 2.17. The van der Waals surface area contributed by atoms with E-state index in [4.69, 9.17) is 4.55 Å². The first-order valence-electron chi connectivity index (χ1n) is 3.50. The number of carbonyl (C=O) groups is 1. The molecule has 0 saturated heterocycles. The van der Waals surface area contributed by atoms with Crippen molar-refractivity contribution in [2.24, 2.45) is 0 Å². The Bertz CT molecular complexity index is 304. The highest BCUT2D eigenvalue weighted by molar-refractivity contribution is 7.88. The summed E-state index contributed by atoms with van der Waals surface area (Å²) in [5, 5.41) is 3.11. The zero-order chi connectivity index (χ0) is 10.3. The Morgan fingerprint density at radius 1 is 1.54 bits per heavy atom. The summed E-state index contributed by atoms with van der Waals surface area (Å²) in [6.07, 6.45) is 2.70. The molecule has 0 saturated carbocycles. The van der Waals surface area contributed by atoms with Crippen molar-refractivity contribution >= 4 is 16.0 Å². The van der Waals surface area contributed by atoms with Crippen LogP contribution in [-0.2, 0) is 14.9 Å². The lowest BCUT2D eigenvalue weighted by molar-refractivity contribution is -0.116. The second-order valence-corrected chi connectivity index (χ2v) is 3.47. The summed E-state index contributed by atoms with van der Waals surface area (Å²) in [6.45, 7) is 3.54. The first-order valence-corrected chi connectivity index (χ1v) is 5.00. The van der Waals surface area contributed by atoms with E-state index in [1.807, 2.05) is 0 Å². The molecule has 2 N–H and O–H groups in total. The fourth-order valence-corrected chi connectivity index (χ4v) is 0.920. The molecule has 0 aliphatic rings. The molecular weight excluding hydrogens is 194 g/mol. The van der Waals surface area contributed by atoms with Gasteiger partial charge in [0, 0.05) is 6.54 Å². The quantitative estimate of drug-likeness (QED) is 0.378. The third-order valence-electron chi connectivity index (χ3n) is 1.06. The van der Waals surface area contributed by atoms with Crippen LogP contribution in [0, 0.1) is 0 Å². The van der Waals surface area contributed by atoms with Gasteiger partial charge in [-0.05, 0) is 12.5 Å². The number of hydrogen-bond acceptors (Lipinski definition) is 3. The Kier molecular flexibility index (Phi) is 5.01. The van der Waals surface area contributed by atoms with Crippen molar-refractivity contribution in [2.45, 2.75) is 6.42 Å². The molecule has 0 aromatic carbocycles. The molecule has 0 heterocycles. The van der Waals surface area contributed by atoms with Gasteiger partial charge >= 0.3 is 0 Å². The van der Waals surface area contributed by atoms with Crippen LogP contribution < -0.4 is 5.32 Å². The number of hydrogen-bond donors (Lipinski definition) is 2. The SMILES string of the molecule is C=CC(=O)NCCC=CS(=O)(=O)O. The van der Waals surface area contributed by atoms with Gasteiger partial charge in [-0.2, -0.15) is 8.42 Å². The van der Waals surface area contributed by atoms with Gasteiger partial charge in [-0.15, -0.1) is 0 Å². The van der Waals surface area contributed by atoms with Crippen molar-refractivity contribution in [3.8, 4) is 0 Å². The van der Waals surface area contributed by atoms with Crippen molar-refractivity contribution in [3.05, 3.63) is 24.1 Å². The predicted molar refractivity (Wildman–Crippen MR) is 48.5 cm³/mol. The molecule has 0 fully saturated rings. The van der Waals surface area contributed by atoms with Gasteiger partial charge in [0.25, 0.3) is 10.1 Å². The molecule has 13 heavy (non-hydrogen) atoms. The molecule has 0 unspecified atom stereocenters. The molecule has 5 nitrogen and oxygen atoms in total. The second kappa shape index (κ2) is 5.50. The lowest BCUT2D eigenvalue weighted by Crippen LogP contribution is -2.21. The largest absolute Gasteiger partial charge is 0.352 e. The molecule has 0 rings (SSSR count). The van der Waals surface area contributed by atoms with Gasteiger partial charge < -0.3 is 5.32 Å². The van der Waals surface area contributed by atoms with E-state index in [2.05, 4.69) is 11.9 Å². The van der Waals surface area contributed by atoms with Crippen LogP contribution in [0.1, 0.15) is 6.42 Å². The number of amides is 1. The van der Waals surface area contributed by atoms with Crippen LogP contribution in [0.3, 0.4) is 0 Å². The van der Waals surface area contributed by atoms with Crippen molar-refractivity contribution < 1.29 is 17.8 Å². The Morgan fingerprint density at radius 2 is 2.15 bits per heavy atom. The van der Waals surface area contributed by atoms with Crippen molar-refractivity contribution in [1.82, 2.24) is 5.32 Å². The highest BCUT2D eigenvalue weighted by Gasteiger charge is 1.94. The van der Waals surface area contributed by atoms with Crippen LogP contribution >= 0.6 is 0 Å². The lowest BCUT2D eigenvalue weighted by atomic mass is 10.4. The monoisotopic (exact) mass is 205 g/mol. The summed E-state index contributed by atoms with van der Waals surface area (Å²) in [5.74, 6) is -0.319. The maximum atomic E-state index is 10.6. The fraction of sp³-hybridized carbons (Fsp3) is 0.286. The molecule has 1 amide bonds. The standard InChI is InChI=1S/C7H11NO4S/c1-2-7(9)8-5-3-4-6-13(10,11)12/h2,4,6H,1,3,5H2,(H,8,9)(H,10,11,12). The van der Waals surface area contributed by atoms with Crippen LogP contribution in [0.5, 0.6) is 0 Å². The third kappa shape index (κ3) is 8.77. The highest BCUT2D eigenvalue weighted by atomic mass is 32.2. The van der Waals surface area contributed by atoms with E-state index in [9.17, 15) is 13.2 Å². The van der Waals surface area contributed by atoms with Crippen LogP contribution in [0.15, 0.2) is 24.1 Å². The maximum absolute atomic E-state index is 10.6. The molecule has 6 heteroatoms. The highest BCUT2D eigenvalue weighted by Crippen LogP contribution is 1.87. The summed E-state index contributed by atoms with van der Waals surface area (Å²) in [7, 11) is -4.04. The summed E-state index contributed by atoms with van der Waals surface area (Å²) >= 11 is 0. The zero-order valence-electron chi connectivity index (χ0n) is 6.93. The van der Waals surface area contributed by atoms with Gasteiger partial charge in [-0.3, -0.25) is 9.35 Å². The zero-order valence-corrected chi connectivity index (χ0v) is 7.75. The van der Waals surface area contributed by atoms with E-state index in [0.717, 1.165) is 6.08 Å². The Hall–Kier alpha value is -1.14. The van der Waals surface area contributed by atoms with Crippen LogP contribution in [-0.4, -0.2) is 25.4 Å². The number of nitrogens with one attached hydrogen (secondary N) is 1. The number of carbonyl (C=O) groups excluding carboxylic acids is 1. The smallest absolute Gasteiger partial charge is 0.287 e. The summed E-state index contributed by atoms with van der Waals surface area (Å²) in [5.41, 5.74) is 0. The van der Waals surface area contributed by atoms with Crippen molar-refractivity contribution in [3.63, 3.8) is 0 Å². The van der Waals surface area contributed by atoms with Gasteiger partial charge in [-0.25, -0.2) is 0 Å². The van der Waals surface area contributed by atoms with Crippen molar-refractivity contribution in [1.29, 1.82) is 0 Å². The fourth-order valence-electron chi connectivity index (χ4n) is 0.541. The van der Waals surface area contributed by atoms with Crippen LogP contribution in [0.25, 0.3) is 0 Å². The molecule has 0 aromatic rings. The normalized spacial score (nSPS) is 11.5. The summed E-state index contributed by atoms with van der Waals surface area (Å²) in [4.78, 5) is 10.6. The predicted octanol–water partition coefficient (Wildman–Crippen LogP) is 0.0802. The average molecular weight is 205 g/mol. The molecule has 0 bridgehead atoms. The molecule has 0 aromatic heterocycles. The molecule has 74 valence electrons. The Labute approximate surface area is 76.9 Å². The van der Waals surface area contributed by atoms with Crippen molar-refractivity contribution in [2.75, 3.05) is 6.54 Å². The molecule has 0 atom stereocenters. The Balaban J connectivity index is 3.64. The van der Waals surface area contributed by atoms with E-state index >= 15 is 0 Å². The van der Waals surface area contributed by atoms with E-state index in [-0.39, 0.29) is 5.91 Å². The lowest BCUT2D eigenvalue weighted by Gasteiger charge is -1.96. The van der Waals surface area contributed by atoms with E-state index in [1.165, 1.54) is 6.08 Å². The minimum Gasteiger partial charge on any atom is -0.352 e. The van der Waals surface area contributed by atoms with Crippen LogP contribution in [0.4, 0.5) is 0 Å². The van der Waals surface area contributed by atoms with Crippen LogP contribution in [0.2, 0.25) is 0 Å². The maximum Gasteiger partial charge on any atom is 0.287 e. The molecule has 0 radical (unpaired) electrons. The first-order chi connectivity index (χ1) is 5.95. The Morgan fingerprint density at radius 3 is 2.62 bits per heavy atom. The molecule has 0 aliphatic heterocycles. The van der Waals surface area contributed by atoms with Gasteiger partial charge in [0.2, 0.25) is 5.91 Å². The van der Waals surface area contributed by atoms with E-state index in [0.29, 0.717) is 18.4 Å². The summed E-state index contributed by atoms with van der Waals surface area (Å²) in [6, 6.07) is 0.